The van der Waals surface area contributed by atoms with Gasteiger partial charge in [-0.05, 0) is 50.3 Å². The minimum Gasteiger partial charge on any atom is -0.490 e. The number of ether oxygens (including phenoxy) is 1. The van der Waals surface area contributed by atoms with E-state index in [0.717, 1.165) is 35.4 Å². The van der Waals surface area contributed by atoms with Crippen molar-refractivity contribution < 1.29 is 14.6 Å². The van der Waals surface area contributed by atoms with Crippen molar-refractivity contribution in [1.29, 1.82) is 0 Å². The molecule has 0 bridgehead atoms. The van der Waals surface area contributed by atoms with Gasteiger partial charge >= 0.3 is 5.97 Å². The van der Waals surface area contributed by atoms with Crippen molar-refractivity contribution in [2.75, 3.05) is 0 Å². The average molecular weight is 300 g/mol. The third-order valence-electron chi connectivity index (χ3n) is 4.19. The number of rotatable bonds is 4. The van der Waals surface area contributed by atoms with Crippen molar-refractivity contribution in [2.45, 2.75) is 38.7 Å². The van der Waals surface area contributed by atoms with E-state index in [0.29, 0.717) is 0 Å². The number of aromatic nitrogens is 2. The van der Waals surface area contributed by atoms with Gasteiger partial charge in [0.15, 0.2) is 5.69 Å². The fourth-order valence-corrected chi connectivity index (χ4v) is 3.06. The van der Waals surface area contributed by atoms with Crippen molar-refractivity contribution in [2.24, 2.45) is 7.05 Å². The highest BCUT2D eigenvalue weighted by atomic mass is 16.5. The molecule has 0 unspecified atom stereocenters. The molecular weight excluding hydrogens is 280 g/mol. The van der Waals surface area contributed by atoms with Crippen LogP contribution in [0.15, 0.2) is 24.3 Å². The highest BCUT2D eigenvalue weighted by Gasteiger charge is 2.21. The zero-order chi connectivity index (χ0) is 15.7. The first kappa shape index (κ1) is 14.6. The maximum atomic E-state index is 11.1. The normalized spacial score (nSPS) is 15.2. The van der Waals surface area contributed by atoms with E-state index in [-0.39, 0.29) is 11.8 Å². The average Bonchev–Trinajstić information content (AvgIpc) is 3.09. The molecule has 0 spiro atoms. The molecule has 5 nitrogen and oxygen atoms in total. The zero-order valence-corrected chi connectivity index (χ0v) is 12.9. The quantitative estimate of drug-likeness (QED) is 0.939. The van der Waals surface area contributed by atoms with Gasteiger partial charge in [0.05, 0.1) is 11.8 Å². The predicted octanol–water partition coefficient (Wildman–Crippen LogP) is 3.42. The molecule has 0 saturated heterocycles. The van der Waals surface area contributed by atoms with Gasteiger partial charge in [-0.15, -0.1) is 0 Å². The second-order valence-corrected chi connectivity index (χ2v) is 5.82. The molecule has 1 N–H and O–H groups in total. The molecule has 116 valence electrons. The number of hydrogen-bond acceptors (Lipinski definition) is 3. The van der Waals surface area contributed by atoms with Gasteiger partial charge in [-0.2, -0.15) is 5.10 Å². The highest BCUT2D eigenvalue weighted by molar-refractivity contribution is 5.87. The number of hydrogen-bond donors (Lipinski definition) is 1. The van der Waals surface area contributed by atoms with Crippen molar-refractivity contribution in [3.63, 3.8) is 0 Å². The summed E-state index contributed by atoms with van der Waals surface area (Å²) in [5, 5.41) is 13.2. The van der Waals surface area contributed by atoms with Crippen LogP contribution in [0.3, 0.4) is 0 Å². The number of carboxylic acids is 1. The predicted molar refractivity (Wildman–Crippen MR) is 83.2 cm³/mol. The Morgan fingerprint density at radius 3 is 2.73 bits per heavy atom. The summed E-state index contributed by atoms with van der Waals surface area (Å²) in [5.74, 6) is -0.208. The van der Waals surface area contributed by atoms with Crippen LogP contribution < -0.4 is 4.74 Å². The van der Waals surface area contributed by atoms with E-state index in [1.165, 1.54) is 12.8 Å². The molecule has 1 fully saturated rings. The molecule has 0 atom stereocenters. The van der Waals surface area contributed by atoms with E-state index in [9.17, 15) is 4.79 Å². The van der Waals surface area contributed by atoms with Gasteiger partial charge in [-0.1, -0.05) is 12.1 Å². The molecule has 1 aromatic carbocycles. The molecule has 1 aliphatic carbocycles. The molecule has 1 aromatic heterocycles. The number of benzene rings is 1. The van der Waals surface area contributed by atoms with E-state index >= 15 is 0 Å². The Balaban J connectivity index is 2.03. The topological polar surface area (TPSA) is 64.3 Å². The summed E-state index contributed by atoms with van der Waals surface area (Å²) in [5.41, 5.74) is 2.79. The Labute approximate surface area is 129 Å². The molecule has 1 heterocycles. The minimum absolute atomic E-state index is 0.0487. The molecule has 0 amide bonds. The lowest BCUT2D eigenvalue weighted by Gasteiger charge is -2.18. The van der Waals surface area contributed by atoms with Crippen molar-refractivity contribution >= 4 is 5.97 Å². The van der Waals surface area contributed by atoms with Gasteiger partial charge in [-0.3, -0.25) is 4.68 Å². The van der Waals surface area contributed by atoms with Crippen LogP contribution in [0.2, 0.25) is 0 Å². The lowest BCUT2D eigenvalue weighted by Crippen LogP contribution is -2.12. The fourth-order valence-electron chi connectivity index (χ4n) is 3.06. The SMILES string of the molecule is Cc1cccc(OC2CCCC2)c1-c1cc(C(=O)O)nn1C. The van der Waals surface area contributed by atoms with E-state index < -0.39 is 5.97 Å². The van der Waals surface area contributed by atoms with Gasteiger partial charge < -0.3 is 9.84 Å². The molecule has 3 rings (SSSR count). The molecule has 5 heteroatoms. The summed E-state index contributed by atoms with van der Waals surface area (Å²) in [7, 11) is 1.76. The fraction of sp³-hybridized carbons (Fsp3) is 0.412. The van der Waals surface area contributed by atoms with Crippen LogP contribution in [0.4, 0.5) is 0 Å². The number of carbonyl (C=O) groups is 1. The van der Waals surface area contributed by atoms with Gasteiger partial charge in [0, 0.05) is 12.6 Å². The zero-order valence-electron chi connectivity index (χ0n) is 12.9. The Morgan fingerprint density at radius 2 is 2.09 bits per heavy atom. The van der Waals surface area contributed by atoms with E-state index in [1.54, 1.807) is 17.8 Å². The van der Waals surface area contributed by atoms with Gasteiger partial charge in [0.25, 0.3) is 0 Å². The number of nitrogens with zero attached hydrogens (tertiary/aromatic N) is 2. The largest absolute Gasteiger partial charge is 0.490 e. The van der Waals surface area contributed by atoms with Crippen molar-refractivity contribution in [3.8, 4) is 17.0 Å². The standard InChI is InChI=1S/C17H20N2O3/c1-11-6-5-9-15(22-12-7-3-4-8-12)16(11)14-10-13(17(20)21)18-19(14)2/h5-6,9-10,12H,3-4,7-8H2,1-2H3,(H,20,21). The number of aromatic carboxylic acids is 1. The molecule has 0 radical (unpaired) electrons. The monoisotopic (exact) mass is 300 g/mol. The van der Waals surface area contributed by atoms with Crippen molar-refractivity contribution in [1.82, 2.24) is 9.78 Å². The summed E-state index contributed by atoms with van der Waals surface area (Å²) < 4.78 is 7.78. The Bertz CT molecular complexity index is 700. The van der Waals surface area contributed by atoms with Gasteiger partial charge in [0.2, 0.25) is 0 Å². The van der Waals surface area contributed by atoms with Crippen LogP contribution in [-0.4, -0.2) is 27.0 Å². The summed E-state index contributed by atoms with van der Waals surface area (Å²) in [6, 6.07) is 7.53. The number of aryl methyl sites for hydroxylation is 2. The maximum Gasteiger partial charge on any atom is 0.356 e. The first-order chi connectivity index (χ1) is 10.6. The van der Waals surface area contributed by atoms with Gasteiger partial charge in [-0.25, -0.2) is 4.79 Å². The second kappa shape index (κ2) is 5.83. The van der Waals surface area contributed by atoms with Crippen LogP contribution in [0.5, 0.6) is 5.75 Å². The van der Waals surface area contributed by atoms with Crippen LogP contribution in [-0.2, 0) is 7.05 Å². The number of carboxylic acid groups (broad SMARTS) is 1. The molecule has 1 saturated carbocycles. The summed E-state index contributed by atoms with van der Waals surface area (Å²) in [4.78, 5) is 11.1. The molecule has 0 aliphatic heterocycles. The Kier molecular flexibility index (Phi) is 3.88. The molecule has 22 heavy (non-hydrogen) atoms. The summed E-state index contributed by atoms with van der Waals surface area (Å²) in [6.07, 6.45) is 4.84. The first-order valence-electron chi connectivity index (χ1n) is 7.60. The Hall–Kier alpha value is -2.30. The van der Waals surface area contributed by atoms with Crippen LogP contribution in [0, 0.1) is 6.92 Å². The summed E-state index contributed by atoms with van der Waals surface area (Å²) >= 11 is 0. The smallest absolute Gasteiger partial charge is 0.356 e. The van der Waals surface area contributed by atoms with Crippen LogP contribution in [0.25, 0.3) is 11.3 Å². The van der Waals surface area contributed by atoms with E-state index in [4.69, 9.17) is 9.84 Å². The first-order valence-corrected chi connectivity index (χ1v) is 7.60. The lowest BCUT2D eigenvalue weighted by atomic mass is 10.0. The van der Waals surface area contributed by atoms with E-state index in [1.807, 2.05) is 25.1 Å². The Morgan fingerprint density at radius 1 is 1.36 bits per heavy atom. The van der Waals surface area contributed by atoms with Crippen LogP contribution >= 0.6 is 0 Å². The highest BCUT2D eigenvalue weighted by Crippen LogP contribution is 2.35. The molecular formula is C17H20N2O3. The van der Waals surface area contributed by atoms with Gasteiger partial charge in [0.1, 0.15) is 5.75 Å². The summed E-state index contributed by atoms with van der Waals surface area (Å²) in [6.45, 7) is 2.00. The lowest BCUT2D eigenvalue weighted by molar-refractivity contribution is 0.0689. The second-order valence-electron chi connectivity index (χ2n) is 5.82. The minimum atomic E-state index is -1.02. The molecule has 1 aliphatic rings. The maximum absolute atomic E-state index is 11.1. The molecule has 2 aromatic rings. The third kappa shape index (κ3) is 2.71. The van der Waals surface area contributed by atoms with Crippen LogP contribution in [0.1, 0.15) is 41.7 Å². The van der Waals surface area contributed by atoms with Crippen molar-refractivity contribution in [3.05, 3.63) is 35.5 Å². The third-order valence-corrected chi connectivity index (χ3v) is 4.19. The van der Waals surface area contributed by atoms with E-state index in [2.05, 4.69) is 5.10 Å².